The van der Waals surface area contributed by atoms with Gasteiger partial charge in [0.05, 0.1) is 11.3 Å². The molecule has 0 amide bonds. The van der Waals surface area contributed by atoms with Gasteiger partial charge in [-0.25, -0.2) is 19.7 Å². The smallest absolute Gasteiger partial charge is 0.339 e. The number of aromatic carboxylic acids is 1. The maximum Gasteiger partial charge on any atom is 0.339 e. The summed E-state index contributed by atoms with van der Waals surface area (Å²) in [5, 5.41) is 9.24. The standard InChI is InChI=1S/C19H18N4O2/c1-13(2)18-15(19(24)25)12-21-16(22-18)8-9-17-20-10-11-23(17)14-6-4-3-5-7-14/h3-13H,1-2H3,(H,24,25). The van der Waals surface area contributed by atoms with Crippen LogP contribution in [0.1, 0.15) is 47.5 Å². The first-order chi connectivity index (χ1) is 12.1. The quantitative estimate of drug-likeness (QED) is 0.770. The van der Waals surface area contributed by atoms with Gasteiger partial charge in [-0.05, 0) is 30.2 Å². The predicted molar refractivity (Wildman–Crippen MR) is 95.6 cm³/mol. The Kier molecular flexibility index (Phi) is 4.70. The summed E-state index contributed by atoms with van der Waals surface area (Å²) in [5.41, 5.74) is 1.66. The Labute approximate surface area is 145 Å². The van der Waals surface area contributed by atoms with Gasteiger partial charge in [0.25, 0.3) is 0 Å². The molecule has 2 aromatic heterocycles. The molecule has 0 aliphatic carbocycles. The summed E-state index contributed by atoms with van der Waals surface area (Å²) in [4.78, 5) is 24.1. The minimum absolute atomic E-state index is 0.00689. The molecule has 0 saturated heterocycles. The number of para-hydroxylation sites is 1. The van der Waals surface area contributed by atoms with Crippen LogP contribution in [0.25, 0.3) is 17.8 Å². The third-order valence-corrected chi connectivity index (χ3v) is 3.70. The average molecular weight is 334 g/mol. The highest BCUT2D eigenvalue weighted by Crippen LogP contribution is 2.18. The Hall–Kier alpha value is -3.28. The Morgan fingerprint density at radius 3 is 2.60 bits per heavy atom. The molecule has 126 valence electrons. The van der Waals surface area contributed by atoms with Crippen molar-refractivity contribution in [2.75, 3.05) is 0 Å². The molecule has 6 heteroatoms. The molecule has 3 rings (SSSR count). The highest BCUT2D eigenvalue weighted by molar-refractivity contribution is 5.88. The number of imidazole rings is 1. The van der Waals surface area contributed by atoms with E-state index in [1.807, 2.05) is 61.0 Å². The molecule has 1 aromatic carbocycles. The first-order valence-electron chi connectivity index (χ1n) is 7.93. The van der Waals surface area contributed by atoms with Crippen LogP contribution in [0.3, 0.4) is 0 Å². The minimum atomic E-state index is -1.01. The molecule has 3 aromatic rings. The molecule has 0 atom stereocenters. The first kappa shape index (κ1) is 16.6. The minimum Gasteiger partial charge on any atom is -0.478 e. The van der Waals surface area contributed by atoms with E-state index in [0.717, 1.165) is 11.5 Å². The molecule has 2 heterocycles. The molecule has 0 fully saturated rings. The lowest BCUT2D eigenvalue weighted by Gasteiger charge is -2.08. The first-order valence-corrected chi connectivity index (χ1v) is 7.93. The molecular formula is C19H18N4O2. The lowest BCUT2D eigenvalue weighted by atomic mass is 10.1. The van der Waals surface area contributed by atoms with E-state index in [1.165, 1.54) is 6.20 Å². The van der Waals surface area contributed by atoms with E-state index in [9.17, 15) is 9.90 Å². The number of benzene rings is 1. The van der Waals surface area contributed by atoms with Crippen molar-refractivity contribution in [3.8, 4) is 5.69 Å². The van der Waals surface area contributed by atoms with Gasteiger partial charge in [-0.2, -0.15) is 0 Å². The van der Waals surface area contributed by atoms with Crippen LogP contribution in [0, 0.1) is 0 Å². The van der Waals surface area contributed by atoms with Crippen LogP contribution in [-0.2, 0) is 0 Å². The maximum atomic E-state index is 11.3. The number of carboxylic acid groups (broad SMARTS) is 1. The third kappa shape index (κ3) is 3.63. The summed E-state index contributed by atoms with van der Waals surface area (Å²) in [5.74, 6) is 0.172. The number of carboxylic acids is 1. The van der Waals surface area contributed by atoms with Crippen molar-refractivity contribution in [3.05, 3.63) is 71.8 Å². The van der Waals surface area contributed by atoms with Crippen molar-refractivity contribution in [1.82, 2.24) is 19.5 Å². The normalized spacial score (nSPS) is 11.3. The Bertz CT molecular complexity index is 914. The number of nitrogens with zero attached hydrogens (tertiary/aromatic N) is 4. The van der Waals surface area contributed by atoms with Gasteiger partial charge < -0.3 is 9.67 Å². The molecule has 0 saturated carbocycles. The highest BCUT2D eigenvalue weighted by atomic mass is 16.4. The number of hydrogen-bond donors (Lipinski definition) is 1. The second-order valence-corrected chi connectivity index (χ2v) is 5.81. The fourth-order valence-corrected chi connectivity index (χ4v) is 2.49. The van der Waals surface area contributed by atoms with Gasteiger partial charge in [0, 0.05) is 24.3 Å². The lowest BCUT2D eigenvalue weighted by Crippen LogP contribution is -2.08. The molecule has 0 radical (unpaired) electrons. The van der Waals surface area contributed by atoms with Crippen molar-refractivity contribution in [2.24, 2.45) is 0 Å². The lowest BCUT2D eigenvalue weighted by molar-refractivity contribution is 0.0694. The zero-order chi connectivity index (χ0) is 17.8. The van der Waals surface area contributed by atoms with Gasteiger partial charge in [0.1, 0.15) is 5.82 Å². The summed E-state index contributed by atoms with van der Waals surface area (Å²) < 4.78 is 1.95. The van der Waals surface area contributed by atoms with E-state index >= 15 is 0 Å². The van der Waals surface area contributed by atoms with Gasteiger partial charge in [-0.1, -0.05) is 32.0 Å². The molecule has 0 unspecified atom stereocenters. The van der Waals surface area contributed by atoms with E-state index in [4.69, 9.17) is 0 Å². The Morgan fingerprint density at radius 1 is 1.16 bits per heavy atom. The summed E-state index contributed by atoms with van der Waals surface area (Å²) >= 11 is 0. The fourth-order valence-electron chi connectivity index (χ4n) is 2.49. The van der Waals surface area contributed by atoms with E-state index in [1.54, 1.807) is 12.3 Å². The van der Waals surface area contributed by atoms with Crippen LogP contribution in [0.15, 0.2) is 48.9 Å². The SMILES string of the molecule is CC(C)c1nc(C=Cc2nccn2-c2ccccc2)ncc1C(=O)O. The number of aromatic nitrogens is 4. The van der Waals surface area contributed by atoms with Crippen LogP contribution in [-0.4, -0.2) is 30.6 Å². The Balaban J connectivity index is 1.92. The molecule has 1 N–H and O–H groups in total. The molecule has 25 heavy (non-hydrogen) atoms. The average Bonchev–Trinajstić information content (AvgIpc) is 3.09. The molecule has 6 nitrogen and oxygen atoms in total. The molecule has 0 aliphatic rings. The fraction of sp³-hybridized carbons (Fsp3) is 0.158. The van der Waals surface area contributed by atoms with Gasteiger partial charge in [0.15, 0.2) is 5.82 Å². The molecule has 0 spiro atoms. The molecule has 0 aliphatic heterocycles. The summed E-state index contributed by atoms with van der Waals surface area (Å²) in [6.45, 7) is 3.81. The van der Waals surface area contributed by atoms with Gasteiger partial charge in [-0.15, -0.1) is 0 Å². The third-order valence-electron chi connectivity index (χ3n) is 3.70. The van der Waals surface area contributed by atoms with E-state index in [2.05, 4.69) is 15.0 Å². The topological polar surface area (TPSA) is 80.9 Å². The van der Waals surface area contributed by atoms with Crippen molar-refractivity contribution < 1.29 is 9.90 Å². The monoisotopic (exact) mass is 334 g/mol. The van der Waals surface area contributed by atoms with Crippen LogP contribution < -0.4 is 0 Å². The van der Waals surface area contributed by atoms with Crippen molar-refractivity contribution >= 4 is 18.1 Å². The second-order valence-electron chi connectivity index (χ2n) is 5.81. The van der Waals surface area contributed by atoms with Crippen molar-refractivity contribution in [1.29, 1.82) is 0 Å². The van der Waals surface area contributed by atoms with Gasteiger partial charge in [0.2, 0.25) is 0 Å². The van der Waals surface area contributed by atoms with E-state index < -0.39 is 5.97 Å². The maximum absolute atomic E-state index is 11.3. The van der Waals surface area contributed by atoms with Crippen molar-refractivity contribution in [2.45, 2.75) is 19.8 Å². The second kappa shape index (κ2) is 7.09. The number of carbonyl (C=O) groups is 1. The molecular weight excluding hydrogens is 316 g/mol. The van der Waals surface area contributed by atoms with Gasteiger partial charge in [-0.3, -0.25) is 0 Å². The zero-order valence-corrected chi connectivity index (χ0v) is 14.0. The van der Waals surface area contributed by atoms with Gasteiger partial charge >= 0.3 is 5.97 Å². The Morgan fingerprint density at radius 2 is 1.92 bits per heavy atom. The summed E-state index contributed by atoms with van der Waals surface area (Å²) in [6.07, 6.45) is 8.50. The largest absolute Gasteiger partial charge is 0.478 e. The van der Waals surface area contributed by atoms with E-state index in [-0.39, 0.29) is 11.5 Å². The van der Waals surface area contributed by atoms with Crippen molar-refractivity contribution in [3.63, 3.8) is 0 Å². The van der Waals surface area contributed by atoms with Crippen LogP contribution in [0.5, 0.6) is 0 Å². The number of rotatable bonds is 5. The van der Waals surface area contributed by atoms with Crippen LogP contribution >= 0.6 is 0 Å². The summed E-state index contributed by atoms with van der Waals surface area (Å²) in [6, 6.07) is 9.88. The molecule has 0 bridgehead atoms. The number of hydrogen-bond acceptors (Lipinski definition) is 4. The van der Waals surface area contributed by atoms with Crippen LogP contribution in [0.2, 0.25) is 0 Å². The van der Waals surface area contributed by atoms with E-state index in [0.29, 0.717) is 11.5 Å². The van der Waals surface area contributed by atoms with Crippen LogP contribution in [0.4, 0.5) is 0 Å². The summed E-state index contributed by atoms with van der Waals surface area (Å²) in [7, 11) is 0. The highest BCUT2D eigenvalue weighted by Gasteiger charge is 2.15. The zero-order valence-electron chi connectivity index (χ0n) is 14.0. The predicted octanol–water partition coefficient (Wildman–Crippen LogP) is 3.65.